The third-order valence-corrected chi connectivity index (χ3v) is 1.95. The smallest absolute Gasteiger partial charge is 0.138 e. The molecule has 1 saturated heterocycles. The van der Waals surface area contributed by atoms with Crippen LogP contribution in [0.2, 0.25) is 0 Å². The quantitative estimate of drug-likeness (QED) is 0.849. The van der Waals surface area contributed by atoms with Gasteiger partial charge in [-0.05, 0) is 25.1 Å². The fraction of sp³-hybridized carbons (Fsp3) is 0.444. The fourth-order valence-electron chi connectivity index (χ4n) is 1.34. The Labute approximate surface area is 96.1 Å². The van der Waals surface area contributed by atoms with Gasteiger partial charge in [0.15, 0.2) is 0 Å². The highest BCUT2D eigenvalue weighted by atomic mass is 35.5. The van der Waals surface area contributed by atoms with Crippen molar-refractivity contribution in [2.45, 2.75) is 12.5 Å². The highest BCUT2D eigenvalue weighted by Gasteiger charge is 2.15. The van der Waals surface area contributed by atoms with Crippen molar-refractivity contribution >= 4 is 24.8 Å². The van der Waals surface area contributed by atoms with Gasteiger partial charge in [-0.1, -0.05) is 0 Å². The Morgan fingerprint density at radius 2 is 2.29 bits per heavy atom. The first kappa shape index (κ1) is 13.5. The second kappa shape index (κ2) is 6.87. The van der Waals surface area contributed by atoms with E-state index in [1.165, 1.54) is 0 Å². The van der Waals surface area contributed by atoms with Crippen molar-refractivity contribution < 1.29 is 4.74 Å². The topological polar surface area (TPSA) is 34.1 Å². The lowest BCUT2D eigenvalue weighted by molar-refractivity contribution is 0.222. The predicted molar refractivity (Wildman–Crippen MR) is 60.6 cm³/mol. The van der Waals surface area contributed by atoms with Gasteiger partial charge in [-0.3, -0.25) is 4.98 Å². The Morgan fingerprint density at radius 3 is 2.86 bits per heavy atom. The number of aromatic nitrogens is 1. The molecule has 0 radical (unpaired) electrons. The molecule has 1 fully saturated rings. The minimum atomic E-state index is 0. The molecule has 3 nitrogen and oxygen atoms in total. The van der Waals surface area contributed by atoms with Crippen LogP contribution in [0.3, 0.4) is 0 Å². The summed E-state index contributed by atoms with van der Waals surface area (Å²) in [5, 5.41) is 3.25. The average Bonchev–Trinajstić information content (AvgIpc) is 2.59. The third kappa shape index (κ3) is 3.70. The van der Waals surface area contributed by atoms with Crippen LogP contribution in [0.15, 0.2) is 24.5 Å². The van der Waals surface area contributed by atoms with Gasteiger partial charge in [-0.15, -0.1) is 24.8 Å². The van der Waals surface area contributed by atoms with Crippen molar-refractivity contribution in [1.29, 1.82) is 0 Å². The number of ether oxygens (including phenoxy) is 1. The lowest BCUT2D eigenvalue weighted by Gasteiger charge is -2.10. The van der Waals surface area contributed by atoms with E-state index in [2.05, 4.69) is 10.3 Å². The van der Waals surface area contributed by atoms with Crippen molar-refractivity contribution in [1.82, 2.24) is 10.3 Å². The molecule has 14 heavy (non-hydrogen) atoms. The summed E-state index contributed by atoms with van der Waals surface area (Å²) >= 11 is 0. The zero-order valence-electron chi connectivity index (χ0n) is 7.68. The summed E-state index contributed by atoms with van der Waals surface area (Å²) in [4.78, 5) is 3.98. The standard InChI is InChI=1S/C9H12N2O.2ClH/c1-2-8(6-10-4-1)12-9-3-5-11-7-9;;/h1-2,4,6,9,11H,3,5,7H2;2*1H/t9-;;/m0../s1. The van der Waals surface area contributed by atoms with E-state index in [0.717, 1.165) is 25.3 Å². The van der Waals surface area contributed by atoms with Crippen LogP contribution in [-0.2, 0) is 0 Å². The molecule has 1 aromatic rings. The van der Waals surface area contributed by atoms with E-state index in [-0.39, 0.29) is 24.8 Å². The average molecular weight is 237 g/mol. The van der Waals surface area contributed by atoms with Crippen molar-refractivity contribution in [3.63, 3.8) is 0 Å². The van der Waals surface area contributed by atoms with E-state index in [0.29, 0.717) is 6.10 Å². The molecule has 1 N–H and O–H groups in total. The number of rotatable bonds is 2. The zero-order chi connectivity index (χ0) is 8.23. The Bertz CT molecular complexity index is 240. The molecule has 0 bridgehead atoms. The molecule has 5 heteroatoms. The monoisotopic (exact) mass is 236 g/mol. The largest absolute Gasteiger partial charge is 0.487 e. The maximum Gasteiger partial charge on any atom is 0.138 e. The van der Waals surface area contributed by atoms with Gasteiger partial charge < -0.3 is 10.1 Å². The molecule has 80 valence electrons. The summed E-state index contributed by atoms with van der Waals surface area (Å²) in [7, 11) is 0. The lowest BCUT2D eigenvalue weighted by Crippen LogP contribution is -2.19. The molecule has 1 aliphatic rings. The van der Waals surface area contributed by atoms with Gasteiger partial charge in [0.1, 0.15) is 11.9 Å². The second-order valence-electron chi connectivity index (χ2n) is 2.92. The van der Waals surface area contributed by atoms with Gasteiger partial charge in [0.05, 0.1) is 6.20 Å². The van der Waals surface area contributed by atoms with Gasteiger partial charge in [-0.2, -0.15) is 0 Å². The number of nitrogens with one attached hydrogen (secondary N) is 1. The Balaban J connectivity index is 0.000000845. The number of pyridine rings is 1. The van der Waals surface area contributed by atoms with E-state index in [9.17, 15) is 0 Å². The summed E-state index contributed by atoms with van der Waals surface area (Å²) in [6.07, 6.45) is 4.92. The molecule has 1 aliphatic heterocycles. The van der Waals surface area contributed by atoms with Crippen LogP contribution < -0.4 is 10.1 Å². The molecule has 0 amide bonds. The molecule has 0 unspecified atom stereocenters. The normalized spacial score (nSPS) is 19.3. The predicted octanol–water partition coefficient (Wildman–Crippen LogP) is 1.67. The van der Waals surface area contributed by atoms with E-state index in [1.54, 1.807) is 12.4 Å². The van der Waals surface area contributed by atoms with Crippen LogP contribution in [0, 0.1) is 0 Å². The maximum atomic E-state index is 5.65. The maximum absolute atomic E-state index is 5.65. The summed E-state index contributed by atoms with van der Waals surface area (Å²) in [6, 6.07) is 3.82. The van der Waals surface area contributed by atoms with Crippen molar-refractivity contribution in [2.24, 2.45) is 0 Å². The third-order valence-electron chi connectivity index (χ3n) is 1.95. The van der Waals surface area contributed by atoms with Crippen LogP contribution in [0.4, 0.5) is 0 Å². The molecule has 1 atom stereocenters. The zero-order valence-corrected chi connectivity index (χ0v) is 9.31. The van der Waals surface area contributed by atoms with Crippen molar-refractivity contribution in [3.8, 4) is 5.75 Å². The molecule has 0 aromatic carbocycles. The highest BCUT2D eigenvalue weighted by Crippen LogP contribution is 2.12. The number of hydrogen-bond acceptors (Lipinski definition) is 3. The molecule has 0 aliphatic carbocycles. The van der Waals surface area contributed by atoms with Gasteiger partial charge in [-0.25, -0.2) is 0 Å². The van der Waals surface area contributed by atoms with Crippen molar-refractivity contribution in [2.75, 3.05) is 13.1 Å². The minimum absolute atomic E-state index is 0. The first-order valence-corrected chi connectivity index (χ1v) is 4.22. The van der Waals surface area contributed by atoms with Crippen LogP contribution in [0.25, 0.3) is 0 Å². The Hall–Kier alpha value is -0.510. The molecular weight excluding hydrogens is 223 g/mol. The summed E-state index contributed by atoms with van der Waals surface area (Å²) in [6.45, 7) is 2.01. The van der Waals surface area contributed by atoms with Gasteiger partial charge in [0.2, 0.25) is 0 Å². The van der Waals surface area contributed by atoms with Crippen LogP contribution in [0.1, 0.15) is 6.42 Å². The minimum Gasteiger partial charge on any atom is -0.487 e. The summed E-state index contributed by atoms with van der Waals surface area (Å²) < 4.78 is 5.65. The van der Waals surface area contributed by atoms with E-state index < -0.39 is 0 Å². The number of hydrogen-bond donors (Lipinski definition) is 1. The van der Waals surface area contributed by atoms with Gasteiger partial charge >= 0.3 is 0 Å². The number of halogens is 2. The molecule has 2 heterocycles. The first-order valence-electron chi connectivity index (χ1n) is 4.22. The van der Waals surface area contributed by atoms with E-state index >= 15 is 0 Å². The van der Waals surface area contributed by atoms with Crippen LogP contribution in [0.5, 0.6) is 5.75 Å². The van der Waals surface area contributed by atoms with Crippen LogP contribution in [-0.4, -0.2) is 24.2 Å². The molecule has 1 aromatic heterocycles. The Kier molecular flexibility index (Phi) is 6.62. The SMILES string of the molecule is Cl.Cl.c1cncc(O[C@H]2CCNC2)c1. The second-order valence-corrected chi connectivity index (χ2v) is 2.92. The Morgan fingerprint density at radius 1 is 1.43 bits per heavy atom. The van der Waals surface area contributed by atoms with Crippen molar-refractivity contribution in [3.05, 3.63) is 24.5 Å². The summed E-state index contributed by atoms with van der Waals surface area (Å²) in [5.74, 6) is 0.867. The van der Waals surface area contributed by atoms with E-state index in [1.807, 2.05) is 12.1 Å². The van der Waals surface area contributed by atoms with Gasteiger partial charge in [0.25, 0.3) is 0 Å². The first-order chi connectivity index (χ1) is 5.95. The lowest BCUT2D eigenvalue weighted by atomic mass is 10.3. The van der Waals surface area contributed by atoms with Gasteiger partial charge in [0, 0.05) is 12.7 Å². The van der Waals surface area contributed by atoms with E-state index in [4.69, 9.17) is 4.74 Å². The number of nitrogens with zero attached hydrogens (tertiary/aromatic N) is 1. The van der Waals surface area contributed by atoms with Crippen LogP contribution >= 0.6 is 24.8 Å². The molecule has 0 spiro atoms. The summed E-state index contributed by atoms with van der Waals surface area (Å²) in [5.41, 5.74) is 0. The fourth-order valence-corrected chi connectivity index (χ4v) is 1.34. The highest BCUT2D eigenvalue weighted by molar-refractivity contribution is 5.85. The molecular formula is C9H14Cl2N2O. The molecule has 2 rings (SSSR count). The molecule has 0 saturated carbocycles.